The predicted octanol–water partition coefficient (Wildman–Crippen LogP) is 5.99. The van der Waals surface area contributed by atoms with Crippen LogP contribution >= 0.6 is 0 Å². The quantitative estimate of drug-likeness (QED) is 0.315. The second kappa shape index (κ2) is 9.52. The third-order valence-electron chi connectivity index (χ3n) is 5.90. The van der Waals surface area contributed by atoms with Gasteiger partial charge in [-0.05, 0) is 68.3 Å². The van der Waals surface area contributed by atoms with Crippen LogP contribution in [0.2, 0.25) is 0 Å². The smallest absolute Gasteiger partial charge is 0.391 e. The molecule has 188 valence electrons. The molecule has 0 amide bonds. The number of hydrogen-bond donors (Lipinski definition) is 2. The molecule has 1 atom stereocenters. The van der Waals surface area contributed by atoms with E-state index in [9.17, 15) is 21.8 Å². The summed E-state index contributed by atoms with van der Waals surface area (Å²) in [5.74, 6) is 2.40. The maximum Gasteiger partial charge on any atom is 0.391 e. The summed E-state index contributed by atoms with van der Waals surface area (Å²) in [5, 5.41) is 3.86. The van der Waals surface area contributed by atoms with Crippen LogP contribution in [0.5, 0.6) is 5.75 Å². The van der Waals surface area contributed by atoms with E-state index >= 15 is 0 Å². The lowest BCUT2D eigenvalue weighted by Gasteiger charge is -2.30. The number of aryl methyl sites for hydroxylation is 1. The van der Waals surface area contributed by atoms with Gasteiger partial charge in [0.05, 0.1) is 23.2 Å². The van der Waals surface area contributed by atoms with Crippen LogP contribution in [0, 0.1) is 18.7 Å². The minimum atomic E-state index is -4.21. The van der Waals surface area contributed by atoms with Gasteiger partial charge in [-0.15, -0.1) is 0 Å². The molecule has 1 aliphatic rings. The third-order valence-corrected chi connectivity index (χ3v) is 6.56. The normalized spacial score (nSPS) is 20.3. The lowest BCUT2D eigenvalue weighted by Crippen LogP contribution is -2.32. The Morgan fingerprint density at radius 2 is 1.83 bits per heavy atom. The van der Waals surface area contributed by atoms with Gasteiger partial charge in [0.15, 0.2) is 0 Å². The van der Waals surface area contributed by atoms with Crippen molar-refractivity contribution in [3.8, 4) is 5.75 Å². The summed E-state index contributed by atoms with van der Waals surface area (Å²) in [6, 6.07) is 7.50. The molecule has 1 aliphatic carbocycles. The summed E-state index contributed by atoms with van der Waals surface area (Å²) >= 11 is 0. The lowest BCUT2D eigenvalue weighted by molar-refractivity contribution is -0.185. The van der Waals surface area contributed by atoms with E-state index in [1.165, 1.54) is 30.8 Å². The highest BCUT2D eigenvalue weighted by atomic mass is 32.2. The van der Waals surface area contributed by atoms with E-state index in [-0.39, 0.29) is 31.4 Å². The van der Waals surface area contributed by atoms with Crippen LogP contribution in [0.15, 0.2) is 36.7 Å². The van der Waals surface area contributed by atoms with Crippen molar-refractivity contribution in [2.45, 2.75) is 44.9 Å². The number of alkyl halides is 3. The molecule has 0 aliphatic heterocycles. The first-order valence-electron chi connectivity index (χ1n) is 11.0. The highest BCUT2D eigenvalue weighted by molar-refractivity contribution is 8.00. The highest BCUT2D eigenvalue weighted by Gasteiger charge is 2.41. The number of nitrogens with one attached hydrogen (secondary N) is 2. The van der Waals surface area contributed by atoms with Crippen molar-refractivity contribution < 1.29 is 26.5 Å². The Balaban J connectivity index is 1.60. The van der Waals surface area contributed by atoms with Crippen LogP contribution in [-0.4, -0.2) is 38.6 Å². The van der Waals surface area contributed by atoms with Crippen LogP contribution in [0.4, 0.5) is 34.8 Å². The molecule has 4 rings (SSSR count). The third kappa shape index (κ3) is 6.14. The fraction of sp³-hybridized carbons (Fsp3) is 0.375. The number of fused-ring (bicyclic) bond motifs is 1. The van der Waals surface area contributed by atoms with E-state index in [1.807, 2.05) is 6.92 Å². The Kier molecular flexibility index (Phi) is 6.81. The molecule has 0 spiro atoms. The first kappa shape index (κ1) is 25.0. The fourth-order valence-corrected chi connectivity index (χ4v) is 4.92. The van der Waals surface area contributed by atoms with Crippen molar-refractivity contribution in [1.82, 2.24) is 9.97 Å². The molecule has 2 N–H and O–H groups in total. The average Bonchev–Trinajstić information content (AvgIpc) is 2.74. The Bertz CT molecular complexity index is 1340. The second-order valence-corrected chi connectivity index (χ2v) is 11.1. The van der Waals surface area contributed by atoms with Crippen molar-refractivity contribution in [1.29, 1.82) is 0 Å². The molecule has 1 heterocycles. The zero-order valence-corrected chi connectivity index (χ0v) is 20.1. The van der Waals surface area contributed by atoms with Gasteiger partial charge in [-0.25, -0.2) is 18.6 Å². The Morgan fingerprint density at radius 3 is 2.49 bits per heavy atom. The van der Waals surface area contributed by atoms with Gasteiger partial charge < -0.3 is 14.8 Å². The molecular weight excluding hydrogens is 484 g/mol. The van der Waals surface area contributed by atoms with Gasteiger partial charge in [-0.2, -0.15) is 13.2 Å². The predicted molar refractivity (Wildman–Crippen MR) is 131 cm³/mol. The molecule has 6 nitrogen and oxygen atoms in total. The Morgan fingerprint density at radius 1 is 1.11 bits per heavy atom. The maximum atomic E-state index is 14.0. The molecule has 0 bridgehead atoms. The molecule has 2 aromatic carbocycles. The van der Waals surface area contributed by atoms with Crippen LogP contribution in [-0.2, 0) is 9.71 Å². The zero-order chi connectivity index (χ0) is 25.4. The average molecular weight is 511 g/mol. The summed E-state index contributed by atoms with van der Waals surface area (Å²) in [6.07, 6.45) is -1.36. The number of rotatable bonds is 6. The van der Waals surface area contributed by atoms with Gasteiger partial charge >= 0.3 is 6.18 Å². The van der Waals surface area contributed by atoms with Gasteiger partial charge in [0.1, 0.15) is 23.7 Å². The molecule has 1 unspecified atom stereocenters. The summed E-state index contributed by atoms with van der Waals surface area (Å²) in [7, 11) is -2.48. The van der Waals surface area contributed by atoms with E-state index < -0.39 is 33.7 Å². The molecule has 11 heteroatoms. The van der Waals surface area contributed by atoms with Crippen LogP contribution < -0.4 is 14.8 Å². The molecule has 1 fully saturated rings. The minimum Gasteiger partial charge on any atom is -0.488 e. The van der Waals surface area contributed by atoms with Gasteiger partial charge in [0.25, 0.3) is 0 Å². The first-order chi connectivity index (χ1) is 16.4. The summed E-state index contributed by atoms with van der Waals surface area (Å²) in [4.78, 5) is 8.63. The summed E-state index contributed by atoms with van der Waals surface area (Å²) < 4.78 is 73.9. The zero-order valence-electron chi connectivity index (χ0n) is 19.3. The van der Waals surface area contributed by atoms with Gasteiger partial charge in [-0.1, -0.05) is 0 Å². The molecule has 35 heavy (non-hydrogen) atoms. The summed E-state index contributed by atoms with van der Waals surface area (Å²) in [5.41, 5.74) is 2.42. The highest BCUT2D eigenvalue weighted by Crippen LogP contribution is 2.40. The number of benzene rings is 2. The van der Waals surface area contributed by atoms with Gasteiger partial charge in [-0.3, -0.25) is 0 Å². The molecule has 1 aromatic heterocycles. The van der Waals surface area contributed by atoms with Crippen molar-refractivity contribution in [2.24, 2.45) is 5.92 Å². The minimum absolute atomic E-state index is 0.0181. The number of nitrogens with zero attached hydrogens (tertiary/aromatic N) is 2. The molecule has 3 aromatic rings. The molecule has 0 saturated heterocycles. The number of hydrogen-bond acceptors (Lipinski definition) is 5. The largest absolute Gasteiger partial charge is 0.488 e. The molecule has 1 saturated carbocycles. The van der Waals surface area contributed by atoms with Crippen molar-refractivity contribution >= 4 is 43.7 Å². The van der Waals surface area contributed by atoms with Crippen molar-refractivity contribution in [3.05, 3.63) is 48.0 Å². The van der Waals surface area contributed by atoms with Crippen molar-refractivity contribution in [2.75, 3.05) is 16.3 Å². The monoisotopic (exact) mass is 510 g/mol. The second-order valence-electron chi connectivity index (χ2n) is 8.92. The van der Waals surface area contributed by atoms with E-state index in [4.69, 9.17) is 4.74 Å². The lowest BCUT2D eigenvalue weighted by atomic mass is 9.87. The van der Waals surface area contributed by atoms with Crippen LogP contribution in [0.25, 0.3) is 10.9 Å². The number of aromatic nitrogens is 2. The topological polar surface area (TPSA) is 76.1 Å². The number of halogens is 4. The maximum absolute atomic E-state index is 14.0. The van der Waals surface area contributed by atoms with Gasteiger partial charge in [0.2, 0.25) is 0 Å². The SMILES string of the molecule is C=S(C)(=O)Nc1cc(C)c2c(Nc3ccc(F)cc3OC3CCC(C(F)(F)F)CC3)ncnc2c1. The van der Waals surface area contributed by atoms with Crippen molar-refractivity contribution in [3.63, 3.8) is 0 Å². The number of anilines is 3. The van der Waals surface area contributed by atoms with Gasteiger partial charge in [0, 0.05) is 33.1 Å². The van der Waals surface area contributed by atoms with Crippen LogP contribution in [0.1, 0.15) is 31.2 Å². The fourth-order valence-electron chi connectivity index (χ4n) is 4.31. The van der Waals surface area contributed by atoms with Crippen LogP contribution in [0.3, 0.4) is 0 Å². The summed E-state index contributed by atoms with van der Waals surface area (Å²) in [6.45, 7) is 1.85. The molecule has 0 radical (unpaired) electrons. The standard InChI is InChI=1S/C24H26F4N4O2S/c1-14-10-17(32-35(2,3)33)12-20-22(14)23(30-13-29-20)31-19-9-6-16(25)11-21(19)34-18-7-4-15(5-8-18)24(26,27)28/h6,9-13,15,18H,2,4-5,7-8H2,1,3H3,(H,32,33)(H,29,30,31). The Labute approximate surface area is 201 Å². The first-order valence-corrected chi connectivity index (χ1v) is 13.2. The number of ether oxygens (including phenoxy) is 1. The van der Waals surface area contributed by atoms with E-state index in [2.05, 4.69) is 25.9 Å². The van der Waals surface area contributed by atoms with E-state index in [0.29, 0.717) is 28.1 Å². The molecular formula is C24H26F4N4O2S. The van der Waals surface area contributed by atoms with E-state index in [0.717, 1.165) is 5.56 Å². The Hall–Kier alpha value is -3.08. The van der Waals surface area contributed by atoms with E-state index in [1.54, 1.807) is 12.1 Å².